The Labute approximate surface area is 108 Å². The molecule has 1 nitrogen and oxygen atoms in total. The SMILES string of the molecule is Cc1sccc1-c1ccc(CNC(C)C)cc1. The minimum atomic E-state index is 0.536. The molecule has 1 aromatic carbocycles. The number of benzene rings is 1. The lowest BCUT2D eigenvalue weighted by molar-refractivity contribution is 0.589. The molecule has 0 saturated heterocycles. The summed E-state index contributed by atoms with van der Waals surface area (Å²) in [6, 6.07) is 11.6. The standard InChI is InChI=1S/C15H19NS/c1-11(2)16-10-13-4-6-14(7-5-13)15-8-9-17-12(15)3/h4-9,11,16H,10H2,1-3H3. The molecule has 2 rings (SSSR count). The van der Waals surface area contributed by atoms with Crippen LogP contribution in [0.25, 0.3) is 11.1 Å². The Kier molecular flexibility index (Phi) is 3.97. The molecule has 90 valence electrons. The molecule has 0 saturated carbocycles. The van der Waals surface area contributed by atoms with Gasteiger partial charge in [-0.15, -0.1) is 11.3 Å². The minimum Gasteiger partial charge on any atom is -0.310 e. The van der Waals surface area contributed by atoms with Crippen molar-refractivity contribution in [2.24, 2.45) is 0 Å². The molecule has 0 atom stereocenters. The zero-order valence-corrected chi connectivity index (χ0v) is 11.5. The van der Waals surface area contributed by atoms with Gasteiger partial charge in [0, 0.05) is 17.5 Å². The summed E-state index contributed by atoms with van der Waals surface area (Å²) < 4.78 is 0. The highest BCUT2D eigenvalue weighted by Gasteiger charge is 2.02. The van der Waals surface area contributed by atoms with E-state index in [1.807, 2.05) is 0 Å². The molecule has 17 heavy (non-hydrogen) atoms. The Morgan fingerprint density at radius 1 is 1.12 bits per heavy atom. The van der Waals surface area contributed by atoms with Crippen molar-refractivity contribution in [1.29, 1.82) is 0 Å². The lowest BCUT2D eigenvalue weighted by Crippen LogP contribution is -2.21. The van der Waals surface area contributed by atoms with Crippen LogP contribution < -0.4 is 5.32 Å². The Morgan fingerprint density at radius 2 is 1.82 bits per heavy atom. The quantitative estimate of drug-likeness (QED) is 0.850. The first-order chi connectivity index (χ1) is 8.16. The van der Waals surface area contributed by atoms with E-state index in [2.05, 4.69) is 61.8 Å². The summed E-state index contributed by atoms with van der Waals surface area (Å²) in [5, 5.41) is 5.58. The van der Waals surface area contributed by atoms with Crippen LogP contribution in [0.5, 0.6) is 0 Å². The summed E-state index contributed by atoms with van der Waals surface area (Å²) in [4.78, 5) is 1.39. The predicted molar refractivity (Wildman–Crippen MR) is 76.5 cm³/mol. The maximum Gasteiger partial charge on any atom is 0.0207 e. The second-order valence-electron chi connectivity index (χ2n) is 4.62. The summed E-state index contributed by atoms with van der Waals surface area (Å²) in [6.45, 7) is 7.46. The van der Waals surface area contributed by atoms with Gasteiger partial charge in [-0.25, -0.2) is 0 Å². The van der Waals surface area contributed by atoms with Gasteiger partial charge in [-0.1, -0.05) is 38.1 Å². The van der Waals surface area contributed by atoms with E-state index in [4.69, 9.17) is 0 Å². The first kappa shape index (κ1) is 12.3. The number of rotatable bonds is 4. The minimum absolute atomic E-state index is 0.536. The van der Waals surface area contributed by atoms with E-state index < -0.39 is 0 Å². The largest absolute Gasteiger partial charge is 0.310 e. The Hall–Kier alpha value is -1.12. The predicted octanol–water partition coefficient (Wildman–Crippen LogP) is 4.22. The van der Waals surface area contributed by atoms with E-state index in [0.29, 0.717) is 6.04 Å². The van der Waals surface area contributed by atoms with Crippen LogP contribution in [0, 0.1) is 6.92 Å². The molecule has 1 N–H and O–H groups in total. The fourth-order valence-electron chi connectivity index (χ4n) is 1.81. The highest BCUT2D eigenvalue weighted by Crippen LogP contribution is 2.27. The molecule has 0 amide bonds. The molecule has 0 aliphatic heterocycles. The van der Waals surface area contributed by atoms with Crippen molar-refractivity contribution in [3.63, 3.8) is 0 Å². The number of hydrogen-bond donors (Lipinski definition) is 1. The van der Waals surface area contributed by atoms with Crippen molar-refractivity contribution in [3.05, 3.63) is 46.2 Å². The third-order valence-corrected chi connectivity index (χ3v) is 3.68. The molecule has 0 fully saturated rings. The van der Waals surface area contributed by atoms with Crippen molar-refractivity contribution in [2.45, 2.75) is 33.4 Å². The molecule has 1 heterocycles. The maximum absolute atomic E-state index is 3.43. The maximum atomic E-state index is 3.43. The summed E-state index contributed by atoms with van der Waals surface area (Å²) in [6.07, 6.45) is 0. The van der Waals surface area contributed by atoms with Crippen LogP contribution in [0.3, 0.4) is 0 Å². The number of aryl methyl sites for hydroxylation is 1. The van der Waals surface area contributed by atoms with Crippen molar-refractivity contribution >= 4 is 11.3 Å². The van der Waals surface area contributed by atoms with Gasteiger partial charge < -0.3 is 5.32 Å². The summed E-state index contributed by atoms with van der Waals surface area (Å²) in [5.41, 5.74) is 4.02. The van der Waals surface area contributed by atoms with Gasteiger partial charge in [0.2, 0.25) is 0 Å². The Bertz CT molecular complexity index is 468. The highest BCUT2D eigenvalue weighted by molar-refractivity contribution is 7.10. The number of nitrogens with one attached hydrogen (secondary N) is 1. The van der Waals surface area contributed by atoms with Crippen LogP contribution in [-0.2, 0) is 6.54 Å². The van der Waals surface area contributed by atoms with E-state index >= 15 is 0 Å². The normalized spacial score (nSPS) is 11.1. The van der Waals surface area contributed by atoms with Gasteiger partial charge in [-0.3, -0.25) is 0 Å². The third kappa shape index (κ3) is 3.18. The lowest BCUT2D eigenvalue weighted by Gasteiger charge is -2.08. The fourth-order valence-corrected chi connectivity index (χ4v) is 2.53. The van der Waals surface area contributed by atoms with Gasteiger partial charge in [-0.05, 0) is 35.1 Å². The molecule has 0 radical (unpaired) electrons. The smallest absolute Gasteiger partial charge is 0.0207 e. The Balaban J connectivity index is 2.11. The van der Waals surface area contributed by atoms with Crippen molar-refractivity contribution in [3.8, 4) is 11.1 Å². The third-order valence-electron chi connectivity index (χ3n) is 2.84. The van der Waals surface area contributed by atoms with Crippen LogP contribution in [0.1, 0.15) is 24.3 Å². The van der Waals surface area contributed by atoms with E-state index in [1.165, 1.54) is 21.6 Å². The van der Waals surface area contributed by atoms with Gasteiger partial charge in [0.25, 0.3) is 0 Å². The highest BCUT2D eigenvalue weighted by atomic mass is 32.1. The average molecular weight is 245 g/mol. The molecule has 0 aliphatic carbocycles. The molecular formula is C15H19NS. The second kappa shape index (κ2) is 5.48. The molecule has 0 aliphatic rings. The van der Waals surface area contributed by atoms with E-state index in [-0.39, 0.29) is 0 Å². The second-order valence-corrected chi connectivity index (χ2v) is 5.74. The van der Waals surface area contributed by atoms with E-state index in [9.17, 15) is 0 Å². The van der Waals surface area contributed by atoms with Gasteiger partial charge >= 0.3 is 0 Å². The topological polar surface area (TPSA) is 12.0 Å². The zero-order chi connectivity index (χ0) is 12.3. The Morgan fingerprint density at radius 3 is 2.35 bits per heavy atom. The molecule has 2 aromatic rings. The zero-order valence-electron chi connectivity index (χ0n) is 10.7. The summed E-state index contributed by atoms with van der Waals surface area (Å²) in [5.74, 6) is 0. The van der Waals surface area contributed by atoms with Crippen molar-refractivity contribution in [1.82, 2.24) is 5.32 Å². The first-order valence-corrected chi connectivity index (χ1v) is 6.91. The molecular weight excluding hydrogens is 226 g/mol. The summed E-state index contributed by atoms with van der Waals surface area (Å²) in [7, 11) is 0. The molecule has 1 aromatic heterocycles. The molecule has 2 heteroatoms. The fraction of sp³-hybridized carbons (Fsp3) is 0.333. The van der Waals surface area contributed by atoms with Gasteiger partial charge in [0.15, 0.2) is 0 Å². The van der Waals surface area contributed by atoms with Crippen molar-refractivity contribution in [2.75, 3.05) is 0 Å². The monoisotopic (exact) mass is 245 g/mol. The van der Waals surface area contributed by atoms with Gasteiger partial charge in [0.05, 0.1) is 0 Å². The van der Waals surface area contributed by atoms with E-state index in [0.717, 1.165) is 6.54 Å². The van der Waals surface area contributed by atoms with E-state index in [1.54, 1.807) is 11.3 Å². The average Bonchev–Trinajstić information content (AvgIpc) is 2.73. The molecule has 0 bridgehead atoms. The van der Waals surface area contributed by atoms with Crippen LogP contribution in [0.4, 0.5) is 0 Å². The first-order valence-electron chi connectivity index (χ1n) is 6.03. The lowest BCUT2D eigenvalue weighted by atomic mass is 10.0. The van der Waals surface area contributed by atoms with Crippen LogP contribution in [0.2, 0.25) is 0 Å². The number of hydrogen-bond acceptors (Lipinski definition) is 2. The number of thiophene rings is 1. The van der Waals surface area contributed by atoms with Crippen LogP contribution >= 0.6 is 11.3 Å². The van der Waals surface area contributed by atoms with Crippen LogP contribution in [-0.4, -0.2) is 6.04 Å². The van der Waals surface area contributed by atoms with Gasteiger partial charge in [-0.2, -0.15) is 0 Å². The molecule has 0 unspecified atom stereocenters. The van der Waals surface area contributed by atoms with Crippen molar-refractivity contribution < 1.29 is 0 Å². The van der Waals surface area contributed by atoms with Crippen LogP contribution in [0.15, 0.2) is 35.7 Å². The molecule has 0 spiro atoms. The summed E-state index contributed by atoms with van der Waals surface area (Å²) >= 11 is 1.81. The van der Waals surface area contributed by atoms with Gasteiger partial charge in [0.1, 0.15) is 0 Å².